The number of nitro groups is 1. The smallest absolute Gasteiger partial charge is 0.280 e. The van der Waals surface area contributed by atoms with E-state index in [1.807, 2.05) is 19.1 Å². The van der Waals surface area contributed by atoms with Crippen molar-refractivity contribution in [3.05, 3.63) is 69.8 Å². The van der Waals surface area contributed by atoms with Crippen molar-refractivity contribution in [1.82, 2.24) is 5.43 Å². The van der Waals surface area contributed by atoms with E-state index in [1.54, 1.807) is 31.2 Å². The lowest BCUT2D eigenvalue weighted by atomic mass is 10.2. The zero-order valence-corrected chi connectivity index (χ0v) is 13.3. The molecule has 2 aromatic carbocycles. The Balaban J connectivity index is 1.87. The molecule has 2 aromatic rings. The highest BCUT2D eigenvalue weighted by Crippen LogP contribution is 2.13. The highest BCUT2D eigenvalue weighted by atomic mass is 16.6. The first-order valence-corrected chi connectivity index (χ1v) is 7.26. The first-order valence-electron chi connectivity index (χ1n) is 7.26. The van der Waals surface area contributed by atoms with E-state index < -0.39 is 16.9 Å². The van der Waals surface area contributed by atoms with Crippen LogP contribution in [-0.2, 0) is 4.79 Å². The predicted octanol–water partition coefficient (Wildman–Crippen LogP) is 2.82. The van der Waals surface area contributed by atoms with Crippen molar-refractivity contribution in [2.24, 2.45) is 5.10 Å². The van der Waals surface area contributed by atoms with Crippen LogP contribution in [0.15, 0.2) is 53.6 Å². The number of hydrogen-bond donors (Lipinski definition) is 1. The van der Waals surface area contributed by atoms with Crippen LogP contribution in [0.5, 0.6) is 5.75 Å². The van der Waals surface area contributed by atoms with Crippen LogP contribution in [0.4, 0.5) is 5.69 Å². The van der Waals surface area contributed by atoms with E-state index in [2.05, 4.69) is 10.5 Å². The molecule has 0 fully saturated rings. The van der Waals surface area contributed by atoms with Gasteiger partial charge in [-0.15, -0.1) is 0 Å². The van der Waals surface area contributed by atoms with Gasteiger partial charge in [-0.05, 0) is 43.7 Å². The van der Waals surface area contributed by atoms with Crippen molar-refractivity contribution in [2.45, 2.75) is 20.0 Å². The van der Waals surface area contributed by atoms with Crippen LogP contribution in [0.3, 0.4) is 0 Å². The summed E-state index contributed by atoms with van der Waals surface area (Å²) in [6.07, 6.45) is 0.696. The first-order chi connectivity index (χ1) is 11.5. The lowest BCUT2D eigenvalue weighted by Crippen LogP contribution is -2.33. The minimum Gasteiger partial charge on any atom is -0.481 e. The quantitative estimate of drug-likeness (QED) is 0.501. The van der Waals surface area contributed by atoms with E-state index in [-0.39, 0.29) is 5.69 Å². The summed E-state index contributed by atoms with van der Waals surface area (Å²) in [6.45, 7) is 3.59. The number of non-ortho nitro benzene ring substituents is 1. The molecule has 0 saturated carbocycles. The molecule has 0 aromatic heterocycles. The maximum atomic E-state index is 11.9. The third-order valence-corrected chi connectivity index (χ3v) is 3.20. The summed E-state index contributed by atoms with van der Waals surface area (Å²) in [5.41, 5.74) is 4.10. The highest BCUT2D eigenvalue weighted by molar-refractivity contribution is 5.84. The molecule has 124 valence electrons. The summed E-state index contributed by atoms with van der Waals surface area (Å²) >= 11 is 0. The Bertz CT molecular complexity index is 739. The number of hydrazone groups is 1. The average molecular weight is 327 g/mol. The van der Waals surface area contributed by atoms with E-state index >= 15 is 0 Å². The van der Waals surface area contributed by atoms with Gasteiger partial charge in [0, 0.05) is 12.1 Å². The predicted molar refractivity (Wildman–Crippen MR) is 90.1 cm³/mol. The number of nitrogens with zero attached hydrogens (tertiary/aromatic N) is 2. The van der Waals surface area contributed by atoms with Gasteiger partial charge >= 0.3 is 0 Å². The van der Waals surface area contributed by atoms with Crippen LogP contribution in [0.1, 0.15) is 18.1 Å². The van der Waals surface area contributed by atoms with Crippen molar-refractivity contribution in [3.8, 4) is 5.75 Å². The molecule has 1 atom stereocenters. The molecule has 1 unspecified atom stereocenters. The number of carbonyl (C=O) groups is 1. The van der Waals surface area contributed by atoms with Gasteiger partial charge < -0.3 is 4.74 Å². The highest BCUT2D eigenvalue weighted by Gasteiger charge is 2.13. The van der Waals surface area contributed by atoms with Gasteiger partial charge in [-0.3, -0.25) is 14.9 Å². The molecule has 0 aliphatic carbocycles. The lowest BCUT2D eigenvalue weighted by molar-refractivity contribution is -0.384. The van der Waals surface area contributed by atoms with E-state index in [1.165, 1.54) is 18.3 Å². The molecule has 0 spiro atoms. The fraction of sp³-hybridized carbons (Fsp3) is 0.176. The van der Waals surface area contributed by atoms with Crippen molar-refractivity contribution < 1.29 is 14.5 Å². The molecule has 0 saturated heterocycles. The van der Waals surface area contributed by atoms with E-state index in [9.17, 15) is 14.9 Å². The van der Waals surface area contributed by atoms with Gasteiger partial charge in [0.25, 0.3) is 11.6 Å². The van der Waals surface area contributed by atoms with Gasteiger partial charge in [0.15, 0.2) is 6.10 Å². The van der Waals surface area contributed by atoms with Crippen LogP contribution in [0, 0.1) is 17.0 Å². The Morgan fingerprint density at radius 3 is 2.42 bits per heavy atom. The minimum atomic E-state index is -0.707. The van der Waals surface area contributed by atoms with Crippen LogP contribution >= 0.6 is 0 Å². The van der Waals surface area contributed by atoms with Gasteiger partial charge in [0.2, 0.25) is 0 Å². The molecule has 2 rings (SSSR count). The maximum Gasteiger partial charge on any atom is 0.280 e. The Hall–Kier alpha value is -3.22. The Labute approximate surface area is 139 Å². The molecular weight excluding hydrogens is 310 g/mol. The molecule has 7 nitrogen and oxygen atoms in total. The largest absolute Gasteiger partial charge is 0.481 e. The number of aryl methyl sites for hydroxylation is 1. The van der Waals surface area contributed by atoms with Crippen molar-refractivity contribution in [1.29, 1.82) is 0 Å². The molecule has 7 heteroatoms. The number of amides is 1. The fourth-order valence-electron chi connectivity index (χ4n) is 1.82. The number of hydrogen-bond acceptors (Lipinski definition) is 5. The Morgan fingerprint density at radius 1 is 1.21 bits per heavy atom. The van der Waals surface area contributed by atoms with Gasteiger partial charge in [-0.25, -0.2) is 5.43 Å². The Morgan fingerprint density at radius 2 is 1.83 bits per heavy atom. The number of ether oxygens (including phenoxy) is 1. The topological polar surface area (TPSA) is 93.8 Å². The maximum absolute atomic E-state index is 11.9. The molecule has 0 heterocycles. The zero-order valence-electron chi connectivity index (χ0n) is 13.3. The molecular formula is C17H17N3O4. The Kier molecular flexibility index (Phi) is 5.62. The second-order valence-corrected chi connectivity index (χ2v) is 5.16. The van der Waals surface area contributed by atoms with Crippen molar-refractivity contribution >= 4 is 17.8 Å². The van der Waals surface area contributed by atoms with Crippen LogP contribution in [-0.4, -0.2) is 23.1 Å². The summed E-state index contributed by atoms with van der Waals surface area (Å²) in [5, 5.41) is 14.4. The minimum absolute atomic E-state index is 0.00342. The van der Waals surface area contributed by atoms with E-state index in [0.717, 1.165) is 5.56 Å². The molecule has 0 aliphatic heterocycles. The van der Waals surface area contributed by atoms with Gasteiger partial charge in [0.05, 0.1) is 11.1 Å². The number of carbonyl (C=O) groups excluding carboxylic acids is 1. The van der Waals surface area contributed by atoms with Gasteiger partial charge in [-0.1, -0.05) is 17.7 Å². The van der Waals surface area contributed by atoms with E-state index in [0.29, 0.717) is 11.3 Å². The molecule has 1 N–H and O–H groups in total. The molecule has 1 amide bonds. The zero-order chi connectivity index (χ0) is 17.5. The van der Waals surface area contributed by atoms with E-state index in [4.69, 9.17) is 4.74 Å². The molecule has 0 radical (unpaired) electrons. The number of nitrogens with one attached hydrogen (secondary N) is 1. The van der Waals surface area contributed by atoms with Crippen molar-refractivity contribution in [2.75, 3.05) is 0 Å². The summed E-state index contributed by atoms with van der Waals surface area (Å²) in [6, 6.07) is 13.2. The number of benzene rings is 2. The standard InChI is InChI=1S/C17H17N3O4/c1-12-3-9-16(10-4-12)24-13(2)17(21)19-18-11-14-5-7-15(8-6-14)20(22)23/h3-11,13H,1-2H3,(H,19,21). The molecule has 0 bridgehead atoms. The second-order valence-electron chi connectivity index (χ2n) is 5.16. The van der Waals surface area contributed by atoms with Crippen LogP contribution in [0.25, 0.3) is 0 Å². The molecule has 24 heavy (non-hydrogen) atoms. The average Bonchev–Trinajstić information content (AvgIpc) is 2.57. The monoisotopic (exact) mass is 327 g/mol. The van der Waals surface area contributed by atoms with Gasteiger partial charge in [-0.2, -0.15) is 5.10 Å². The second kappa shape index (κ2) is 7.87. The molecule has 0 aliphatic rings. The lowest BCUT2D eigenvalue weighted by Gasteiger charge is -2.12. The van der Waals surface area contributed by atoms with Crippen molar-refractivity contribution in [3.63, 3.8) is 0 Å². The number of rotatable bonds is 6. The third-order valence-electron chi connectivity index (χ3n) is 3.20. The van der Waals surface area contributed by atoms with Crippen LogP contribution in [0.2, 0.25) is 0 Å². The summed E-state index contributed by atoms with van der Waals surface area (Å²) in [4.78, 5) is 22.0. The van der Waals surface area contributed by atoms with Crippen LogP contribution < -0.4 is 10.2 Å². The fourth-order valence-corrected chi connectivity index (χ4v) is 1.82. The third kappa shape index (κ3) is 4.91. The first kappa shape index (κ1) is 17.1. The SMILES string of the molecule is Cc1ccc(OC(C)C(=O)NN=Cc2ccc([N+](=O)[O-])cc2)cc1. The summed E-state index contributed by atoms with van der Waals surface area (Å²) in [5.74, 6) is 0.205. The normalized spacial score (nSPS) is 11.9. The number of nitro benzene ring substituents is 1. The summed E-state index contributed by atoms with van der Waals surface area (Å²) in [7, 11) is 0. The van der Waals surface area contributed by atoms with Gasteiger partial charge in [0.1, 0.15) is 5.75 Å². The summed E-state index contributed by atoms with van der Waals surface area (Å²) < 4.78 is 5.52.